The van der Waals surface area contributed by atoms with E-state index in [9.17, 15) is 4.79 Å². The predicted molar refractivity (Wildman–Crippen MR) is 95.2 cm³/mol. The van der Waals surface area contributed by atoms with Crippen molar-refractivity contribution in [3.05, 3.63) is 30.0 Å². The van der Waals surface area contributed by atoms with E-state index in [1.807, 2.05) is 0 Å². The first kappa shape index (κ1) is 18.8. The van der Waals surface area contributed by atoms with Gasteiger partial charge in [0, 0.05) is 19.2 Å². The number of benzene rings is 1. The van der Waals surface area contributed by atoms with Crippen molar-refractivity contribution in [3.8, 4) is 22.8 Å². The SMILES string of the molecule is CCN(CC)CCNC(=O)c1cc(-c2cc(OC)ccc2OC)on1. The number of carbonyl (C=O) groups excluding carboxylic acids is 1. The molecule has 2 rings (SSSR count). The Morgan fingerprint density at radius 3 is 2.60 bits per heavy atom. The lowest BCUT2D eigenvalue weighted by Crippen LogP contribution is -2.34. The fourth-order valence-electron chi connectivity index (χ4n) is 2.47. The van der Waals surface area contributed by atoms with E-state index in [2.05, 4.69) is 29.2 Å². The van der Waals surface area contributed by atoms with Gasteiger partial charge in [0.1, 0.15) is 11.5 Å². The topological polar surface area (TPSA) is 76.8 Å². The first-order valence-electron chi connectivity index (χ1n) is 8.32. The van der Waals surface area contributed by atoms with Gasteiger partial charge in [-0.25, -0.2) is 0 Å². The number of likely N-dealkylation sites (N-methyl/N-ethyl adjacent to an activating group) is 1. The maximum atomic E-state index is 12.2. The van der Waals surface area contributed by atoms with Crippen LogP contribution in [-0.2, 0) is 0 Å². The van der Waals surface area contributed by atoms with Crippen LogP contribution < -0.4 is 14.8 Å². The Morgan fingerprint density at radius 2 is 1.96 bits per heavy atom. The molecule has 0 fully saturated rings. The molecule has 0 saturated carbocycles. The zero-order valence-corrected chi connectivity index (χ0v) is 15.2. The highest BCUT2D eigenvalue weighted by molar-refractivity contribution is 5.93. The third-order valence-electron chi connectivity index (χ3n) is 4.02. The molecule has 1 heterocycles. The van der Waals surface area contributed by atoms with Crippen molar-refractivity contribution in [2.45, 2.75) is 13.8 Å². The van der Waals surface area contributed by atoms with Crippen molar-refractivity contribution in [2.24, 2.45) is 0 Å². The van der Waals surface area contributed by atoms with Crippen LogP contribution in [0.1, 0.15) is 24.3 Å². The van der Waals surface area contributed by atoms with E-state index in [-0.39, 0.29) is 11.6 Å². The average molecular weight is 347 g/mol. The van der Waals surface area contributed by atoms with E-state index >= 15 is 0 Å². The minimum atomic E-state index is -0.260. The molecule has 0 saturated heterocycles. The summed E-state index contributed by atoms with van der Waals surface area (Å²) in [6.07, 6.45) is 0. The highest BCUT2D eigenvalue weighted by atomic mass is 16.5. The van der Waals surface area contributed by atoms with Crippen LogP contribution in [0.3, 0.4) is 0 Å². The molecule has 0 aliphatic carbocycles. The molecule has 0 spiro atoms. The van der Waals surface area contributed by atoms with Crippen LogP contribution in [0.5, 0.6) is 11.5 Å². The van der Waals surface area contributed by atoms with Gasteiger partial charge in [0.25, 0.3) is 5.91 Å². The Morgan fingerprint density at radius 1 is 1.20 bits per heavy atom. The number of amides is 1. The van der Waals surface area contributed by atoms with Gasteiger partial charge in [-0.15, -0.1) is 0 Å². The summed E-state index contributed by atoms with van der Waals surface area (Å²) in [7, 11) is 3.16. The summed E-state index contributed by atoms with van der Waals surface area (Å²) >= 11 is 0. The smallest absolute Gasteiger partial charge is 0.273 e. The van der Waals surface area contributed by atoms with Crippen LogP contribution in [0.2, 0.25) is 0 Å². The average Bonchev–Trinajstić information content (AvgIpc) is 3.14. The van der Waals surface area contributed by atoms with E-state index in [1.54, 1.807) is 38.5 Å². The number of carbonyl (C=O) groups is 1. The van der Waals surface area contributed by atoms with Crippen LogP contribution in [0.4, 0.5) is 0 Å². The number of hydrogen-bond donors (Lipinski definition) is 1. The van der Waals surface area contributed by atoms with Crippen molar-refractivity contribution in [1.82, 2.24) is 15.4 Å². The highest BCUT2D eigenvalue weighted by Crippen LogP contribution is 2.33. The second-order valence-electron chi connectivity index (χ2n) is 5.43. The summed E-state index contributed by atoms with van der Waals surface area (Å²) in [4.78, 5) is 14.4. The standard InChI is InChI=1S/C18H25N3O4/c1-5-21(6-2)10-9-19-18(22)15-12-17(25-20-15)14-11-13(23-3)7-8-16(14)24-4/h7-8,11-12H,5-6,9-10H2,1-4H3,(H,19,22). The molecule has 0 aliphatic rings. The third kappa shape index (κ3) is 4.73. The predicted octanol–water partition coefficient (Wildman–Crippen LogP) is 2.43. The normalized spacial score (nSPS) is 10.8. The first-order valence-corrected chi connectivity index (χ1v) is 8.32. The van der Waals surface area contributed by atoms with Gasteiger partial charge >= 0.3 is 0 Å². The number of rotatable bonds is 9. The van der Waals surface area contributed by atoms with Gasteiger partial charge in [-0.05, 0) is 31.3 Å². The van der Waals surface area contributed by atoms with Gasteiger partial charge in [-0.1, -0.05) is 19.0 Å². The molecule has 0 radical (unpaired) electrons. The van der Waals surface area contributed by atoms with Crippen LogP contribution >= 0.6 is 0 Å². The molecule has 7 nitrogen and oxygen atoms in total. The first-order chi connectivity index (χ1) is 12.1. The molecule has 0 bridgehead atoms. The molecule has 1 aromatic heterocycles. The fraction of sp³-hybridized carbons (Fsp3) is 0.444. The fourth-order valence-corrected chi connectivity index (χ4v) is 2.47. The number of hydrogen-bond acceptors (Lipinski definition) is 6. The Balaban J connectivity index is 2.08. The summed E-state index contributed by atoms with van der Waals surface area (Å²) in [6.45, 7) is 7.46. The maximum Gasteiger partial charge on any atom is 0.273 e. The van der Waals surface area contributed by atoms with Crippen molar-refractivity contribution >= 4 is 5.91 Å². The molecule has 0 aliphatic heterocycles. The second-order valence-corrected chi connectivity index (χ2v) is 5.43. The number of nitrogens with one attached hydrogen (secondary N) is 1. The number of nitrogens with zero attached hydrogens (tertiary/aromatic N) is 2. The Kier molecular flexibility index (Phi) is 6.82. The summed E-state index contributed by atoms with van der Waals surface area (Å²) < 4.78 is 15.9. The summed E-state index contributed by atoms with van der Waals surface area (Å²) in [5.74, 6) is 1.47. The van der Waals surface area contributed by atoms with Crippen LogP contribution in [0, 0.1) is 0 Å². The molecule has 1 amide bonds. The van der Waals surface area contributed by atoms with Gasteiger partial charge in [-0.3, -0.25) is 4.79 Å². The number of methoxy groups -OCH3 is 2. The molecular weight excluding hydrogens is 322 g/mol. The van der Waals surface area contributed by atoms with E-state index in [4.69, 9.17) is 14.0 Å². The molecular formula is C18H25N3O4. The van der Waals surface area contributed by atoms with Gasteiger partial charge in [0.2, 0.25) is 0 Å². The van der Waals surface area contributed by atoms with Crippen LogP contribution in [0.25, 0.3) is 11.3 Å². The molecule has 136 valence electrons. The van der Waals surface area contributed by atoms with Crippen LogP contribution in [-0.4, -0.2) is 56.4 Å². The van der Waals surface area contributed by atoms with Gasteiger partial charge in [0.15, 0.2) is 11.5 Å². The van der Waals surface area contributed by atoms with E-state index in [1.165, 1.54) is 0 Å². The third-order valence-corrected chi connectivity index (χ3v) is 4.02. The lowest BCUT2D eigenvalue weighted by atomic mass is 10.1. The van der Waals surface area contributed by atoms with E-state index < -0.39 is 0 Å². The molecule has 7 heteroatoms. The summed E-state index contributed by atoms with van der Waals surface area (Å²) in [5.41, 5.74) is 0.913. The monoisotopic (exact) mass is 347 g/mol. The Bertz CT molecular complexity index is 695. The van der Waals surface area contributed by atoms with Crippen molar-refractivity contribution in [1.29, 1.82) is 0 Å². The molecule has 0 atom stereocenters. The highest BCUT2D eigenvalue weighted by Gasteiger charge is 2.17. The minimum absolute atomic E-state index is 0.236. The summed E-state index contributed by atoms with van der Waals surface area (Å²) in [6, 6.07) is 6.95. The number of aromatic nitrogens is 1. The maximum absolute atomic E-state index is 12.2. The van der Waals surface area contributed by atoms with E-state index in [0.29, 0.717) is 29.4 Å². The molecule has 25 heavy (non-hydrogen) atoms. The largest absolute Gasteiger partial charge is 0.497 e. The van der Waals surface area contributed by atoms with Gasteiger partial charge in [0.05, 0.1) is 19.8 Å². The zero-order valence-electron chi connectivity index (χ0n) is 15.2. The zero-order chi connectivity index (χ0) is 18.2. The Hall–Kier alpha value is -2.54. The van der Waals surface area contributed by atoms with Crippen molar-refractivity contribution in [2.75, 3.05) is 40.4 Å². The molecule has 0 unspecified atom stereocenters. The molecule has 1 N–H and O–H groups in total. The van der Waals surface area contributed by atoms with Gasteiger partial charge in [-0.2, -0.15) is 0 Å². The summed E-state index contributed by atoms with van der Waals surface area (Å²) in [5, 5.41) is 6.72. The second kappa shape index (κ2) is 9.08. The van der Waals surface area contributed by atoms with Crippen molar-refractivity contribution in [3.63, 3.8) is 0 Å². The number of ether oxygens (including phenoxy) is 2. The minimum Gasteiger partial charge on any atom is -0.497 e. The molecule has 2 aromatic rings. The van der Waals surface area contributed by atoms with Crippen LogP contribution in [0.15, 0.2) is 28.8 Å². The Labute approximate surface area is 147 Å². The lowest BCUT2D eigenvalue weighted by Gasteiger charge is -2.17. The van der Waals surface area contributed by atoms with E-state index in [0.717, 1.165) is 19.6 Å². The quantitative estimate of drug-likeness (QED) is 0.751. The van der Waals surface area contributed by atoms with Crippen molar-refractivity contribution < 1.29 is 18.8 Å². The lowest BCUT2D eigenvalue weighted by molar-refractivity contribution is 0.0940. The van der Waals surface area contributed by atoms with Gasteiger partial charge < -0.3 is 24.2 Å². The molecule has 1 aromatic carbocycles.